The van der Waals surface area contributed by atoms with Crippen molar-refractivity contribution in [1.29, 1.82) is 0 Å². The SMILES string of the molecule is CCC1C(=O)NCCN1C(=O)C1(C(N)=S)CC1. The van der Waals surface area contributed by atoms with Gasteiger partial charge in [-0.3, -0.25) is 9.59 Å². The third-order valence-corrected chi connectivity index (χ3v) is 4.00. The molecule has 0 spiro atoms. The molecule has 2 aliphatic rings. The summed E-state index contributed by atoms with van der Waals surface area (Å²) in [7, 11) is 0. The van der Waals surface area contributed by atoms with Gasteiger partial charge in [-0.25, -0.2) is 0 Å². The molecule has 1 saturated carbocycles. The van der Waals surface area contributed by atoms with Crippen molar-refractivity contribution in [2.24, 2.45) is 11.1 Å². The molecule has 1 heterocycles. The number of hydrogen-bond donors (Lipinski definition) is 2. The minimum Gasteiger partial charge on any atom is -0.392 e. The van der Waals surface area contributed by atoms with E-state index < -0.39 is 5.41 Å². The van der Waals surface area contributed by atoms with Crippen molar-refractivity contribution in [1.82, 2.24) is 10.2 Å². The molecule has 0 radical (unpaired) electrons. The zero-order valence-electron chi connectivity index (χ0n) is 9.86. The average molecular weight is 255 g/mol. The molecule has 1 aliphatic carbocycles. The van der Waals surface area contributed by atoms with Crippen molar-refractivity contribution in [3.8, 4) is 0 Å². The van der Waals surface area contributed by atoms with Crippen molar-refractivity contribution < 1.29 is 9.59 Å². The highest BCUT2D eigenvalue weighted by atomic mass is 32.1. The number of carbonyl (C=O) groups excluding carboxylic acids is 2. The minimum atomic E-state index is -0.652. The van der Waals surface area contributed by atoms with Crippen LogP contribution in [-0.4, -0.2) is 40.8 Å². The number of amides is 2. The van der Waals surface area contributed by atoms with E-state index in [9.17, 15) is 9.59 Å². The molecule has 1 unspecified atom stereocenters. The maximum atomic E-state index is 12.4. The molecule has 1 aliphatic heterocycles. The number of nitrogens with two attached hydrogens (primary N) is 1. The summed E-state index contributed by atoms with van der Waals surface area (Å²) in [5, 5.41) is 2.77. The van der Waals surface area contributed by atoms with E-state index in [2.05, 4.69) is 5.32 Å². The van der Waals surface area contributed by atoms with Crippen LogP contribution >= 0.6 is 12.2 Å². The van der Waals surface area contributed by atoms with Crippen LogP contribution in [0.2, 0.25) is 0 Å². The van der Waals surface area contributed by atoms with E-state index in [-0.39, 0.29) is 22.8 Å². The topological polar surface area (TPSA) is 75.4 Å². The molecule has 17 heavy (non-hydrogen) atoms. The Balaban J connectivity index is 2.18. The van der Waals surface area contributed by atoms with Crippen molar-refractivity contribution >= 4 is 29.0 Å². The van der Waals surface area contributed by atoms with E-state index in [1.54, 1.807) is 4.90 Å². The number of nitrogens with one attached hydrogen (secondary N) is 1. The lowest BCUT2D eigenvalue weighted by Gasteiger charge is -2.36. The van der Waals surface area contributed by atoms with Crippen molar-refractivity contribution in [3.63, 3.8) is 0 Å². The first kappa shape index (κ1) is 12.3. The molecule has 2 amide bonds. The maximum absolute atomic E-state index is 12.4. The van der Waals surface area contributed by atoms with Gasteiger partial charge in [-0.1, -0.05) is 19.1 Å². The van der Waals surface area contributed by atoms with Gasteiger partial charge < -0.3 is 16.0 Å². The van der Waals surface area contributed by atoms with Gasteiger partial charge in [-0.2, -0.15) is 0 Å². The van der Waals surface area contributed by atoms with Gasteiger partial charge >= 0.3 is 0 Å². The van der Waals surface area contributed by atoms with Gasteiger partial charge in [0.05, 0.1) is 10.4 Å². The molecule has 0 aromatic carbocycles. The van der Waals surface area contributed by atoms with Gasteiger partial charge in [0.2, 0.25) is 11.8 Å². The highest BCUT2D eigenvalue weighted by Crippen LogP contribution is 2.48. The van der Waals surface area contributed by atoms with Gasteiger partial charge in [0.1, 0.15) is 6.04 Å². The summed E-state index contributed by atoms with van der Waals surface area (Å²) in [6.45, 7) is 2.96. The monoisotopic (exact) mass is 255 g/mol. The number of carbonyl (C=O) groups is 2. The first-order chi connectivity index (χ1) is 8.03. The van der Waals surface area contributed by atoms with Crippen molar-refractivity contribution in [2.45, 2.75) is 32.2 Å². The molecule has 2 fully saturated rings. The lowest BCUT2D eigenvalue weighted by molar-refractivity contribution is -0.145. The summed E-state index contributed by atoms with van der Waals surface area (Å²) in [4.78, 5) is 26.0. The Bertz CT molecular complexity index is 379. The van der Waals surface area contributed by atoms with E-state index in [0.29, 0.717) is 19.5 Å². The van der Waals surface area contributed by atoms with E-state index >= 15 is 0 Å². The van der Waals surface area contributed by atoms with Crippen molar-refractivity contribution in [3.05, 3.63) is 0 Å². The zero-order chi connectivity index (χ0) is 12.6. The second kappa shape index (κ2) is 4.25. The number of thiocarbonyl (C=S) groups is 1. The highest BCUT2D eigenvalue weighted by molar-refractivity contribution is 7.80. The molecule has 5 nitrogen and oxygen atoms in total. The molecule has 94 valence electrons. The summed E-state index contributed by atoms with van der Waals surface area (Å²) >= 11 is 4.97. The summed E-state index contributed by atoms with van der Waals surface area (Å²) < 4.78 is 0. The number of nitrogens with zero attached hydrogens (tertiary/aromatic N) is 1. The second-order valence-corrected chi connectivity index (χ2v) is 5.10. The van der Waals surface area contributed by atoms with Gasteiger partial charge in [0, 0.05) is 13.1 Å². The third-order valence-electron chi connectivity index (χ3n) is 3.61. The van der Waals surface area contributed by atoms with Crippen LogP contribution in [-0.2, 0) is 9.59 Å². The lowest BCUT2D eigenvalue weighted by atomic mass is 10.0. The van der Waals surface area contributed by atoms with Crippen LogP contribution in [0.25, 0.3) is 0 Å². The van der Waals surface area contributed by atoms with Crippen LogP contribution in [0.3, 0.4) is 0 Å². The Morgan fingerprint density at radius 1 is 1.65 bits per heavy atom. The molecule has 1 saturated heterocycles. The molecule has 0 bridgehead atoms. The van der Waals surface area contributed by atoms with Gasteiger partial charge in [0.25, 0.3) is 0 Å². The Kier molecular flexibility index (Phi) is 3.07. The lowest BCUT2D eigenvalue weighted by Crippen LogP contribution is -2.59. The third kappa shape index (κ3) is 1.90. The standard InChI is InChI=1S/C11H17N3O2S/c1-2-7-8(15)13-5-6-14(7)10(16)11(3-4-11)9(12)17/h7H,2-6H2,1H3,(H2,12,17)(H,13,15). The summed E-state index contributed by atoms with van der Waals surface area (Å²) in [5.41, 5.74) is 4.99. The maximum Gasteiger partial charge on any atom is 0.242 e. The molecular weight excluding hydrogens is 238 g/mol. The molecule has 2 rings (SSSR count). The summed E-state index contributed by atoms with van der Waals surface area (Å²) in [6.07, 6.45) is 2.05. The van der Waals surface area contributed by atoms with Crippen molar-refractivity contribution in [2.75, 3.05) is 13.1 Å². The quantitative estimate of drug-likeness (QED) is 0.684. The Morgan fingerprint density at radius 2 is 2.29 bits per heavy atom. The van der Waals surface area contributed by atoms with Crippen LogP contribution < -0.4 is 11.1 Å². The summed E-state index contributed by atoms with van der Waals surface area (Å²) in [6, 6.07) is -0.372. The van der Waals surface area contributed by atoms with Gasteiger partial charge in [-0.05, 0) is 19.3 Å². The molecule has 0 aromatic heterocycles. The fourth-order valence-corrected chi connectivity index (χ4v) is 2.62. The minimum absolute atomic E-state index is 0.0632. The van der Waals surface area contributed by atoms with Gasteiger partial charge in [0.15, 0.2) is 0 Å². The van der Waals surface area contributed by atoms with Crippen LogP contribution in [0, 0.1) is 5.41 Å². The van der Waals surface area contributed by atoms with E-state index in [1.165, 1.54) is 0 Å². The van der Waals surface area contributed by atoms with E-state index in [0.717, 1.165) is 12.8 Å². The second-order valence-electron chi connectivity index (χ2n) is 4.66. The summed E-state index contributed by atoms with van der Waals surface area (Å²) in [5.74, 6) is -0.141. The zero-order valence-corrected chi connectivity index (χ0v) is 10.7. The van der Waals surface area contributed by atoms with Crippen LogP contribution in [0.15, 0.2) is 0 Å². The van der Waals surface area contributed by atoms with Gasteiger partial charge in [-0.15, -0.1) is 0 Å². The average Bonchev–Trinajstić information content (AvgIpc) is 3.08. The Labute approximate surface area is 106 Å². The molecule has 3 N–H and O–H groups in total. The fraction of sp³-hybridized carbons (Fsp3) is 0.727. The highest BCUT2D eigenvalue weighted by Gasteiger charge is 2.55. The molecule has 1 atom stereocenters. The number of piperazine rings is 1. The largest absolute Gasteiger partial charge is 0.392 e. The van der Waals surface area contributed by atoms with E-state index in [4.69, 9.17) is 18.0 Å². The Hall–Kier alpha value is -1.17. The fourth-order valence-electron chi connectivity index (χ4n) is 2.33. The van der Waals surface area contributed by atoms with Crippen LogP contribution in [0.4, 0.5) is 0 Å². The predicted molar refractivity (Wildman–Crippen MR) is 67.3 cm³/mol. The first-order valence-corrected chi connectivity index (χ1v) is 6.32. The smallest absolute Gasteiger partial charge is 0.242 e. The molecule has 0 aromatic rings. The Morgan fingerprint density at radius 3 is 2.76 bits per heavy atom. The van der Waals surface area contributed by atoms with Crippen LogP contribution in [0.1, 0.15) is 26.2 Å². The molecule has 6 heteroatoms. The van der Waals surface area contributed by atoms with Crippen LogP contribution in [0.5, 0.6) is 0 Å². The molecular formula is C11H17N3O2S. The first-order valence-electron chi connectivity index (χ1n) is 5.91. The number of rotatable bonds is 3. The number of hydrogen-bond acceptors (Lipinski definition) is 3. The van der Waals surface area contributed by atoms with E-state index in [1.807, 2.05) is 6.92 Å². The predicted octanol–water partition coefficient (Wildman–Crippen LogP) is -0.210. The normalized spacial score (nSPS) is 26.3.